The summed E-state index contributed by atoms with van der Waals surface area (Å²) < 4.78 is 0. The molecule has 0 aromatic carbocycles. The van der Waals surface area contributed by atoms with E-state index in [0.29, 0.717) is 5.41 Å². The molecule has 68 valence electrons. The quantitative estimate of drug-likeness (QED) is 0.785. The number of hydrogen-bond donors (Lipinski definition) is 1. The first-order valence-electron chi connectivity index (χ1n) is 4.03. The summed E-state index contributed by atoms with van der Waals surface area (Å²) in [4.78, 5) is 1.48. The van der Waals surface area contributed by atoms with E-state index in [1.165, 1.54) is 11.3 Å². The molecule has 0 amide bonds. The van der Waals surface area contributed by atoms with E-state index in [2.05, 4.69) is 24.4 Å². The van der Waals surface area contributed by atoms with Crippen LogP contribution < -0.4 is 5.73 Å². The standard InChI is InChI=1S/C9H13NS.ClH/c1-7-5-9(7,6-10)8-3-2-4-11-8;/h2-4,7H,5-6,10H2,1H3;1H. The normalized spacial score (nSPS) is 32.7. The van der Waals surface area contributed by atoms with Crippen molar-refractivity contribution in [3.8, 4) is 0 Å². The molecule has 0 radical (unpaired) electrons. The highest BCUT2D eigenvalue weighted by Gasteiger charge is 2.51. The summed E-state index contributed by atoms with van der Waals surface area (Å²) in [7, 11) is 0. The van der Waals surface area contributed by atoms with Gasteiger partial charge < -0.3 is 5.73 Å². The molecular formula is C9H14ClNS. The van der Waals surface area contributed by atoms with E-state index in [4.69, 9.17) is 5.73 Å². The average Bonchev–Trinajstić information content (AvgIpc) is 2.55. The predicted octanol–water partition coefficient (Wildman–Crippen LogP) is 2.41. The molecule has 0 spiro atoms. The second-order valence-corrected chi connectivity index (χ2v) is 4.39. The lowest BCUT2D eigenvalue weighted by Gasteiger charge is -2.10. The average molecular weight is 204 g/mol. The van der Waals surface area contributed by atoms with Gasteiger partial charge in [-0.05, 0) is 23.8 Å². The fourth-order valence-electron chi connectivity index (χ4n) is 1.78. The summed E-state index contributed by atoms with van der Waals surface area (Å²) >= 11 is 1.84. The second-order valence-electron chi connectivity index (χ2n) is 3.44. The molecule has 1 aliphatic carbocycles. The monoisotopic (exact) mass is 203 g/mol. The van der Waals surface area contributed by atoms with E-state index >= 15 is 0 Å². The molecule has 0 saturated heterocycles. The third-order valence-electron chi connectivity index (χ3n) is 2.83. The van der Waals surface area contributed by atoms with Crippen LogP contribution in [0, 0.1) is 5.92 Å². The van der Waals surface area contributed by atoms with Gasteiger partial charge in [0, 0.05) is 16.8 Å². The Labute approximate surface area is 83.4 Å². The largest absolute Gasteiger partial charge is 0.330 e. The molecule has 1 aliphatic rings. The molecule has 2 N–H and O–H groups in total. The molecule has 1 aromatic rings. The van der Waals surface area contributed by atoms with E-state index in [-0.39, 0.29) is 12.4 Å². The Morgan fingerprint density at radius 2 is 2.42 bits per heavy atom. The van der Waals surface area contributed by atoms with Gasteiger partial charge in [-0.1, -0.05) is 13.0 Å². The van der Waals surface area contributed by atoms with E-state index in [1.807, 2.05) is 11.3 Å². The zero-order valence-corrected chi connectivity index (χ0v) is 8.75. The predicted molar refractivity (Wildman–Crippen MR) is 56.1 cm³/mol. The van der Waals surface area contributed by atoms with Crippen molar-refractivity contribution in [2.24, 2.45) is 11.7 Å². The van der Waals surface area contributed by atoms with E-state index in [0.717, 1.165) is 12.5 Å². The van der Waals surface area contributed by atoms with Gasteiger partial charge in [-0.25, -0.2) is 0 Å². The molecule has 0 bridgehead atoms. The van der Waals surface area contributed by atoms with Crippen LogP contribution in [-0.2, 0) is 5.41 Å². The summed E-state index contributed by atoms with van der Waals surface area (Å²) in [6.07, 6.45) is 1.28. The summed E-state index contributed by atoms with van der Waals surface area (Å²) in [5, 5.41) is 2.14. The van der Waals surface area contributed by atoms with Crippen molar-refractivity contribution in [2.75, 3.05) is 6.54 Å². The zero-order valence-electron chi connectivity index (χ0n) is 7.12. The molecule has 2 unspecified atom stereocenters. The minimum absolute atomic E-state index is 0. The van der Waals surface area contributed by atoms with Crippen LogP contribution in [0.25, 0.3) is 0 Å². The van der Waals surface area contributed by atoms with Gasteiger partial charge in [0.25, 0.3) is 0 Å². The van der Waals surface area contributed by atoms with Gasteiger partial charge in [-0.3, -0.25) is 0 Å². The Balaban J connectivity index is 0.000000720. The Morgan fingerprint density at radius 1 is 1.75 bits per heavy atom. The lowest BCUT2D eigenvalue weighted by Crippen LogP contribution is -2.20. The first-order chi connectivity index (χ1) is 5.29. The number of hydrogen-bond acceptors (Lipinski definition) is 2. The van der Waals surface area contributed by atoms with Gasteiger partial charge in [0.15, 0.2) is 0 Å². The fourth-order valence-corrected chi connectivity index (χ4v) is 2.84. The van der Waals surface area contributed by atoms with Gasteiger partial charge in [-0.15, -0.1) is 23.7 Å². The Morgan fingerprint density at radius 3 is 2.75 bits per heavy atom. The van der Waals surface area contributed by atoms with Crippen molar-refractivity contribution in [3.05, 3.63) is 22.4 Å². The fraction of sp³-hybridized carbons (Fsp3) is 0.556. The molecule has 1 aromatic heterocycles. The summed E-state index contributed by atoms with van der Waals surface area (Å²) in [6, 6.07) is 4.32. The van der Waals surface area contributed by atoms with Crippen LogP contribution in [0.1, 0.15) is 18.2 Å². The maximum absolute atomic E-state index is 5.76. The third kappa shape index (κ3) is 1.28. The van der Waals surface area contributed by atoms with Gasteiger partial charge >= 0.3 is 0 Å². The van der Waals surface area contributed by atoms with E-state index in [1.54, 1.807) is 0 Å². The maximum Gasteiger partial charge on any atom is 0.0198 e. The first kappa shape index (κ1) is 10.0. The second kappa shape index (κ2) is 3.36. The molecule has 2 atom stereocenters. The van der Waals surface area contributed by atoms with Gasteiger partial charge in [0.2, 0.25) is 0 Å². The van der Waals surface area contributed by atoms with Crippen molar-refractivity contribution in [1.82, 2.24) is 0 Å². The van der Waals surface area contributed by atoms with Crippen LogP contribution in [0.3, 0.4) is 0 Å². The SMILES string of the molecule is CC1CC1(CN)c1cccs1.Cl. The number of rotatable bonds is 2. The highest BCUT2D eigenvalue weighted by Crippen LogP contribution is 2.54. The van der Waals surface area contributed by atoms with Gasteiger partial charge in [0.05, 0.1) is 0 Å². The van der Waals surface area contributed by atoms with Crippen LogP contribution in [0.2, 0.25) is 0 Å². The van der Waals surface area contributed by atoms with E-state index < -0.39 is 0 Å². The van der Waals surface area contributed by atoms with Crippen LogP contribution >= 0.6 is 23.7 Å². The third-order valence-corrected chi connectivity index (χ3v) is 3.92. The molecule has 1 saturated carbocycles. The van der Waals surface area contributed by atoms with Crippen LogP contribution in [0.5, 0.6) is 0 Å². The van der Waals surface area contributed by atoms with Crippen LogP contribution in [0.15, 0.2) is 17.5 Å². The highest BCUT2D eigenvalue weighted by atomic mass is 35.5. The number of nitrogens with two attached hydrogens (primary N) is 1. The molecule has 0 aliphatic heterocycles. The van der Waals surface area contributed by atoms with Crippen LogP contribution in [0.4, 0.5) is 0 Å². The molecule has 1 nitrogen and oxygen atoms in total. The minimum Gasteiger partial charge on any atom is -0.330 e. The maximum atomic E-state index is 5.76. The lowest BCUT2D eigenvalue weighted by atomic mass is 10.0. The van der Waals surface area contributed by atoms with Crippen molar-refractivity contribution in [2.45, 2.75) is 18.8 Å². The molecule has 2 rings (SSSR count). The van der Waals surface area contributed by atoms with E-state index in [9.17, 15) is 0 Å². The van der Waals surface area contributed by atoms with Crippen molar-refractivity contribution < 1.29 is 0 Å². The first-order valence-corrected chi connectivity index (χ1v) is 4.91. The van der Waals surface area contributed by atoms with Crippen LogP contribution in [-0.4, -0.2) is 6.54 Å². The Hall–Kier alpha value is -0.0500. The smallest absolute Gasteiger partial charge is 0.0198 e. The summed E-state index contributed by atoms with van der Waals surface area (Å²) in [5.41, 5.74) is 6.13. The van der Waals surface area contributed by atoms with Gasteiger partial charge in [0.1, 0.15) is 0 Å². The Kier molecular flexibility index (Phi) is 2.81. The molecule has 1 heterocycles. The van der Waals surface area contributed by atoms with Crippen molar-refractivity contribution in [1.29, 1.82) is 0 Å². The minimum atomic E-state index is 0. The Bertz CT molecular complexity index is 243. The molecule has 3 heteroatoms. The van der Waals surface area contributed by atoms with Crippen molar-refractivity contribution in [3.63, 3.8) is 0 Å². The zero-order chi connectivity index (χ0) is 7.90. The molecular weight excluding hydrogens is 190 g/mol. The molecule has 1 fully saturated rings. The van der Waals surface area contributed by atoms with Gasteiger partial charge in [-0.2, -0.15) is 0 Å². The molecule has 12 heavy (non-hydrogen) atoms. The number of thiophene rings is 1. The topological polar surface area (TPSA) is 26.0 Å². The van der Waals surface area contributed by atoms with Crippen molar-refractivity contribution >= 4 is 23.7 Å². The highest BCUT2D eigenvalue weighted by molar-refractivity contribution is 7.10. The summed E-state index contributed by atoms with van der Waals surface area (Å²) in [6.45, 7) is 3.10. The summed E-state index contributed by atoms with van der Waals surface area (Å²) in [5.74, 6) is 0.797. The lowest BCUT2D eigenvalue weighted by molar-refractivity contribution is 0.654. The number of halogens is 1.